The van der Waals surface area contributed by atoms with Gasteiger partial charge in [-0.2, -0.15) is 4.98 Å². The van der Waals surface area contributed by atoms with Crippen LogP contribution in [-0.4, -0.2) is 24.7 Å². The Hall–Kier alpha value is -1.96. The molecule has 7 nitrogen and oxygen atoms in total. The Balaban J connectivity index is 2.08. The normalized spacial score (nSPS) is 11.2. The zero-order valence-corrected chi connectivity index (χ0v) is 11.0. The number of imidazole rings is 1. The monoisotopic (exact) mass is 308 g/mol. The van der Waals surface area contributed by atoms with E-state index in [1.54, 1.807) is 17.7 Å². The van der Waals surface area contributed by atoms with Gasteiger partial charge in [0.15, 0.2) is 11.5 Å². The van der Waals surface area contributed by atoms with Crippen LogP contribution >= 0.6 is 15.9 Å². The van der Waals surface area contributed by atoms with Gasteiger partial charge in [0, 0.05) is 10.7 Å². The van der Waals surface area contributed by atoms with Crippen molar-refractivity contribution in [3.05, 3.63) is 28.5 Å². The van der Waals surface area contributed by atoms with E-state index in [1.807, 2.05) is 6.07 Å². The first-order valence-electron chi connectivity index (χ1n) is 5.20. The number of hydrogen-bond acceptors (Lipinski definition) is 6. The maximum atomic E-state index is 5.86. The summed E-state index contributed by atoms with van der Waals surface area (Å²) in [5, 5.41) is 3.73. The summed E-state index contributed by atoms with van der Waals surface area (Å²) in [6, 6.07) is 1.86. The van der Waals surface area contributed by atoms with Crippen LogP contribution in [-0.2, 0) is 6.54 Å². The fourth-order valence-corrected chi connectivity index (χ4v) is 2.02. The van der Waals surface area contributed by atoms with Crippen molar-refractivity contribution in [2.24, 2.45) is 0 Å². The Labute approximate surface area is 110 Å². The molecular weight excluding hydrogens is 300 g/mol. The second-order valence-electron chi connectivity index (χ2n) is 3.79. The van der Waals surface area contributed by atoms with Crippen LogP contribution in [0.2, 0.25) is 0 Å². The van der Waals surface area contributed by atoms with Gasteiger partial charge in [0.1, 0.15) is 12.1 Å². The summed E-state index contributed by atoms with van der Waals surface area (Å²) < 4.78 is 7.65. The molecule has 0 saturated carbocycles. The Bertz CT molecular complexity index is 718. The van der Waals surface area contributed by atoms with Crippen molar-refractivity contribution < 1.29 is 4.52 Å². The van der Waals surface area contributed by atoms with Gasteiger partial charge in [-0.15, -0.1) is 0 Å². The van der Waals surface area contributed by atoms with Crippen LogP contribution in [0.1, 0.15) is 11.7 Å². The average Bonchev–Trinajstić information content (AvgIpc) is 2.84. The Morgan fingerprint density at radius 3 is 3.00 bits per heavy atom. The summed E-state index contributed by atoms with van der Waals surface area (Å²) in [4.78, 5) is 12.7. The molecule has 0 aromatic carbocycles. The molecule has 0 atom stereocenters. The van der Waals surface area contributed by atoms with Crippen molar-refractivity contribution >= 4 is 33.0 Å². The number of nitrogen functional groups attached to an aromatic ring is 1. The Morgan fingerprint density at radius 2 is 2.28 bits per heavy atom. The first-order valence-corrected chi connectivity index (χ1v) is 5.99. The number of aromatic nitrogens is 5. The zero-order valence-electron chi connectivity index (χ0n) is 9.46. The van der Waals surface area contributed by atoms with Crippen molar-refractivity contribution in [1.82, 2.24) is 24.7 Å². The highest BCUT2D eigenvalue weighted by Gasteiger charge is 2.13. The summed E-state index contributed by atoms with van der Waals surface area (Å²) in [5.41, 5.74) is 7.27. The topological polar surface area (TPSA) is 95.7 Å². The van der Waals surface area contributed by atoms with Crippen LogP contribution in [0, 0.1) is 6.92 Å². The standard InChI is InChI=1S/C10H9BrN6O/c1-5-14-8(18-16-5)4-17-9-7(15-10(17)12)2-6(11)3-13-9/h2-3H,4H2,1H3,(H2,12,15). The molecule has 0 unspecified atom stereocenters. The quantitative estimate of drug-likeness (QED) is 0.771. The molecule has 18 heavy (non-hydrogen) atoms. The number of halogens is 1. The molecule has 0 aliphatic carbocycles. The SMILES string of the molecule is Cc1noc(Cn2c(N)nc3cc(Br)cnc32)n1. The van der Waals surface area contributed by atoms with Gasteiger partial charge >= 0.3 is 0 Å². The molecule has 0 amide bonds. The van der Waals surface area contributed by atoms with Crippen molar-refractivity contribution in [3.63, 3.8) is 0 Å². The molecule has 3 aromatic rings. The van der Waals surface area contributed by atoms with E-state index < -0.39 is 0 Å². The highest BCUT2D eigenvalue weighted by atomic mass is 79.9. The third-order valence-electron chi connectivity index (χ3n) is 2.44. The average molecular weight is 309 g/mol. The van der Waals surface area contributed by atoms with E-state index >= 15 is 0 Å². The molecule has 0 saturated heterocycles. The Kier molecular flexibility index (Phi) is 2.51. The molecule has 2 N–H and O–H groups in total. The van der Waals surface area contributed by atoms with Crippen molar-refractivity contribution in [2.45, 2.75) is 13.5 Å². The molecular formula is C10H9BrN6O. The molecule has 0 bridgehead atoms. The molecule has 8 heteroatoms. The number of pyridine rings is 1. The third kappa shape index (κ3) is 1.84. The van der Waals surface area contributed by atoms with E-state index in [1.165, 1.54) is 0 Å². The van der Waals surface area contributed by atoms with E-state index in [-0.39, 0.29) is 0 Å². The lowest BCUT2D eigenvalue weighted by atomic mass is 10.4. The van der Waals surface area contributed by atoms with Crippen LogP contribution in [0.15, 0.2) is 21.3 Å². The first kappa shape index (κ1) is 11.1. The summed E-state index contributed by atoms with van der Waals surface area (Å²) in [7, 11) is 0. The summed E-state index contributed by atoms with van der Waals surface area (Å²) in [6.07, 6.45) is 1.69. The number of rotatable bonds is 2. The lowest BCUT2D eigenvalue weighted by Crippen LogP contribution is -2.05. The summed E-state index contributed by atoms with van der Waals surface area (Å²) in [6.45, 7) is 2.12. The molecule has 3 heterocycles. The third-order valence-corrected chi connectivity index (χ3v) is 2.88. The van der Waals surface area contributed by atoms with E-state index in [0.717, 1.165) is 9.99 Å². The predicted molar refractivity (Wildman–Crippen MR) is 67.8 cm³/mol. The molecule has 92 valence electrons. The molecule has 0 fully saturated rings. The smallest absolute Gasteiger partial charge is 0.246 e. The molecule has 0 spiro atoms. The molecule has 0 radical (unpaired) electrons. The molecule has 3 rings (SSSR count). The number of fused-ring (bicyclic) bond motifs is 1. The highest BCUT2D eigenvalue weighted by Crippen LogP contribution is 2.20. The van der Waals surface area contributed by atoms with Crippen molar-refractivity contribution in [1.29, 1.82) is 0 Å². The molecule has 3 aromatic heterocycles. The maximum Gasteiger partial charge on any atom is 0.246 e. The van der Waals surface area contributed by atoms with Crippen LogP contribution in [0.25, 0.3) is 11.2 Å². The van der Waals surface area contributed by atoms with Crippen LogP contribution in [0.5, 0.6) is 0 Å². The highest BCUT2D eigenvalue weighted by molar-refractivity contribution is 9.10. The fraction of sp³-hybridized carbons (Fsp3) is 0.200. The summed E-state index contributed by atoms with van der Waals surface area (Å²) >= 11 is 3.34. The van der Waals surface area contributed by atoms with E-state index in [2.05, 4.69) is 36.0 Å². The number of anilines is 1. The largest absolute Gasteiger partial charge is 0.369 e. The number of nitrogens with two attached hydrogens (primary N) is 1. The zero-order chi connectivity index (χ0) is 12.7. The van der Waals surface area contributed by atoms with Gasteiger partial charge < -0.3 is 10.3 Å². The van der Waals surface area contributed by atoms with Crippen LogP contribution in [0.4, 0.5) is 5.95 Å². The number of hydrogen-bond donors (Lipinski definition) is 1. The number of aryl methyl sites for hydroxylation is 1. The minimum absolute atomic E-state index is 0.359. The van der Waals surface area contributed by atoms with Crippen LogP contribution in [0.3, 0.4) is 0 Å². The van der Waals surface area contributed by atoms with Gasteiger partial charge in [-0.25, -0.2) is 9.97 Å². The fourth-order valence-electron chi connectivity index (χ4n) is 1.70. The predicted octanol–water partition coefficient (Wildman–Crippen LogP) is 1.52. The number of nitrogens with zero attached hydrogens (tertiary/aromatic N) is 5. The van der Waals surface area contributed by atoms with Gasteiger partial charge in [-0.3, -0.25) is 4.57 Å². The van der Waals surface area contributed by atoms with Crippen molar-refractivity contribution in [2.75, 3.05) is 5.73 Å². The van der Waals surface area contributed by atoms with E-state index in [9.17, 15) is 0 Å². The van der Waals surface area contributed by atoms with Gasteiger partial charge in [0.25, 0.3) is 0 Å². The molecule has 0 aliphatic heterocycles. The lowest BCUT2D eigenvalue weighted by Gasteiger charge is -2.01. The van der Waals surface area contributed by atoms with Gasteiger partial charge in [0.05, 0.1) is 0 Å². The van der Waals surface area contributed by atoms with Gasteiger partial charge in [-0.1, -0.05) is 5.16 Å². The lowest BCUT2D eigenvalue weighted by molar-refractivity contribution is 0.369. The second kappa shape index (κ2) is 4.05. The summed E-state index contributed by atoms with van der Waals surface area (Å²) in [5.74, 6) is 1.43. The Morgan fingerprint density at radius 1 is 1.44 bits per heavy atom. The van der Waals surface area contributed by atoms with Crippen molar-refractivity contribution in [3.8, 4) is 0 Å². The van der Waals surface area contributed by atoms with E-state index in [0.29, 0.717) is 29.9 Å². The first-order chi connectivity index (χ1) is 8.63. The van der Waals surface area contributed by atoms with E-state index in [4.69, 9.17) is 10.3 Å². The van der Waals surface area contributed by atoms with Gasteiger partial charge in [0.2, 0.25) is 11.8 Å². The molecule has 0 aliphatic rings. The second-order valence-corrected chi connectivity index (χ2v) is 4.70. The van der Waals surface area contributed by atoms with Gasteiger partial charge in [-0.05, 0) is 28.9 Å². The maximum absolute atomic E-state index is 5.86. The minimum atomic E-state index is 0.359. The van der Waals surface area contributed by atoms with Crippen LogP contribution < -0.4 is 5.73 Å². The minimum Gasteiger partial charge on any atom is -0.369 e.